The Morgan fingerprint density at radius 1 is 1.24 bits per heavy atom. The van der Waals surface area contributed by atoms with Crippen LogP contribution in [0.3, 0.4) is 0 Å². The molecule has 0 spiro atoms. The lowest BCUT2D eigenvalue weighted by Gasteiger charge is -2.40. The maximum Gasteiger partial charge on any atom is 0.311 e. The zero-order chi connectivity index (χ0) is 20.4. The number of hydrogen-bond donors (Lipinski definition) is 1. The highest BCUT2D eigenvalue weighted by Crippen LogP contribution is 2.37. The summed E-state index contributed by atoms with van der Waals surface area (Å²) in [5.41, 5.74) is 1.77. The molecule has 1 aliphatic heterocycles. The molecule has 0 radical (unpaired) electrons. The van der Waals surface area contributed by atoms with Crippen LogP contribution in [0.4, 0.5) is 0 Å². The number of benzene rings is 1. The first-order valence-electron chi connectivity index (χ1n) is 10.5. The third kappa shape index (κ3) is 4.07. The van der Waals surface area contributed by atoms with Gasteiger partial charge < -0.3 is 14.5 Å². The van der Waals surface area contributed by atoms with Crippen LogP contribution in [0.1, 0.15) is 49.8 Å². The van der Waals surface area contributed by atoms with Gasteiger partial charge >= 0.3 is 5.97 Å². The predicted molar refractivity (Wildman–Crippen MR) is 108 cm³/mol. The van der Waals surface area contributed by atoms with Crippen molar-refractivity contribution < 1.29 is 19.2 Å². The van der Waals surface area contributed by atoms with Gasteiger partial charge in [-0.05, 0) is 38.7 Å². The molecule has 1 aromatic heterocycles. The predicted octanol–water partition coefficient (Wildman–Crippen LogP) is 4.08. The molecule has 1 N–H and O–H groups in total. The van der Waals surface area contributed by atoms with Gasteiger partial charge in [-0.3, -0.25) is 9.59 Å². The van der Waals surface area contributed by atoms with E-state index in [-0.39, 0.29) is 24.8 Å². The number of nitrogens with zero attached hydrogens (tertiary/aromatic N) is 2. The second-order valence-corrected chi connectivity index (χ2v) is 8.65. The lowest BCUT2D eigenvalue weighted by Crippen LogP contribution is -2.52. The number of hydrogen-bond acceptors (Lipinski definition) is 4. The number of carbonyl (C=O) groups excluding carboxylic acids is 1. The van der Waals surface area contributed by atoms with E-state index >= 15 is 0 Å². The highest BCUT2D eigenvalue weighted by molar-refractivity contribution is 5.81. The van der Waals surface area contributed by atoms with Gasteiger partial charge in [0.2, 0.25) is 5.91 Å². The van der Waals surface area contributed by atoms with E-state index in [1.165, 1.54) is 0 Å². The van der Waals surface area contributed by atoms with Crippen molar-refractivity contribution in [1.29, 1.82) is 0 Å². The SMILES string of the molecule is Cc1cccc(-c2cc(CC3(C(=O)O)CCCN(C(=O)C4CCCC4)C3)on2)c1. The van der Waals surface area contributed by atoms with Crippen LogP contribution in [-0.2, 0) is 16.0 Å². The van der Waals surface area contributed by atoms with Crippen LogP contribution in [0.15, 0.2) is 34.9 Å². The molecular weight excluding hydrogens is 368 g/mol. The summed E-state index contributed by atoms with van der Waals surface area (Å²) >= 11 is 0. The summed E-state index contributed by atoms with van der Waals surface area (Å²) in [7, 11) is 0. The van der Waals surface area contributed by atoms with Crippen LogP contribution < -0.4 is 0 Å². The highest BCUT2D eigenvalue weighted by atomic mass is 16.5. The first kappa shape index (κ1) is 19.7. The summed E-state index contributed by atoms with van der Waals surface area (Å²) in [5, 5.41) is 14.2. The molecule has 2 heterocycles. The van der Waals surface area contributed by atoms with Crippen molar-refractivity contribution in [2.75, 3.05) is 13.1 Å². The summed E-state index contributed by atoms with van der Waals surface area (Å²) in [4.78, 5) is 27.0. The van der Waals surface area contributed by atoms with Gasteiger partial charge in [0.25, 0.3) is 0 Å². The first-order chi connectivity index (χ1) is 14.0. The Morgan fingerprint density at radius 2 is 2.03 bits per heavy atom. The molecule has 0 bridgehead atoms. The number of aromatic nitrogens is 1. The molecule has 6 nitrogen and oxygen atoms in total. The topological polar surface area (TPSA) is 83.6 Å². The van der Waals surface area contributed by atoms with Gasteiger partial charge in [-0.2, -0.15) is 0 Å². The fourth-order valence-corrected chi connectivity index (χ4v) is 4.82. The van der Waals surface area contributed by atoms with Gasteiger partial charge in [-0.1, -0.05) is 41.8 Å². The number of aryl methyl sites for hydroxylation is 1. The molecule has 1 aliphatic carbocycles. The first-order valence-corrected chi connectivity index (χ1v) is 10.5. The maximum absolute atomic E-state index is 12.9. The second kappa shape index (κ2) is 8.01. The lowest BCUT2D eigenvalue weighted by molar-refractivity contribution is -0.156. The van der Waals surface area contributed by atoms with Gasteiger partial charge in [0, 0.05) is 37.1 Å². The third-order valence-corrected chi connectivity index (χ3v) is 6.43. The van der Waals surface area contributed by atoms with Crippen molar-refractivity contribution in [2.24, 2.45) is 11.3 Å². The molecule has 2 aliphatic rings. The molecule has 29 heavy (non-hydrogen) atoms. The average molecular weight is 396 g/mol. The Bertz CT molecular complexity index is 900. The van der Waals surface area contributed by atoms with E-state index in [9.17, 15) is 14.7 Å². The van der Waals surface area contributed by atoms with Gasteiger partial charge in [0.1, 0.15) is 11.5 Å². The molecular formula is C23H28N2O4. The normalized spacial score (nSPS) is 22.7. The Labute approximate surface area is 170 Å². The molecule has 1 amide bonds. The molecule has 1 saturated heterocycles. The summed E-state index contributed by atoms with van der Waals surface area (Å²) in [6.07, 6.45) is 5.52. The van der Waals surface area contributed by atoms with E-state index in [1.54, 1.807) is 4.90 Å². The Balaban J connectivity index is 1.53. The smallest absolute Gasteiger partial charge is 0.311 e. The van der Waals surface area contributed by atoms with E-state index in [0.717, 1.165) is 36.8 Å². The third-order valence-electron chi connectivity index (χ3n) is 6.43. The average Bonchev–Trinajstić information content (AvgIpc) is 3.40. The van der Waals surface area contributed by atoms with Crippen LogP contribution in [0.2, 0.25) is 0 Å². The Hall–Kier alpha value is -2.63. The number of carboxylic acids is 1. The van der Waals surface area contributed by atoms with Crippen LogP contribution >= 0.6 is 0 Å². The Morgan fingerprint density at radius 3 is 2.76 bits per heavy atom. The fraction of sp³-hybridized carbons (Fsp3) is 0.522. The van der Waals surface area contributed by atoms with E-state index in [4.69, 9.17) is 4.52 Å². The van der Waals surface area contributed by atoms with Crippen LogP contribution in [0, 0.1) is 18.3 Å². The number of aliphatic carboxylic acids is 1. The Kier molecular flexibility index (Phi) is 5.43. The minimum Gasteiger partial charge on any atom is -0.481 e. The van der Waals surface area contributed by atoms with Crippen molar-refractivity contribution in [3.63, 3.8) is 0 Å². The second-order valence-electron chi connectivity index (χ2n) is 8.65. The molecule has 2 fully saturated rings. The number of carboxylic acid groups (broad SMARTS) is 1. The molecule has 154 valence electrons. The van der Waals surface area contributed by atoms with E-state index in [0.29, 0.717) is 30.8 Å². The summed E-state index contributed by atoms with van der Waals surface area (Å²) in [6.45, 7) is 2.91. The quantitative estimate of drug-likeness (QED) is 0.823. The van der Waals surface area contributed by atoms with Crippen LogP contribution in [0.25, 0.3) is 11.3 Å². The van der Waals surface area contributed by atoms with Gasteiger partial charge in [0.15, 0.2) is 0 Å². The highest BCUT2D eigenvalue weighted by Gasteiger charge is 2.45. The molecule has 1 aromatic carbocycles. The standard InChI is InChI=1S/C23H28N2O4/c1-16-6-4-9-18(12-16)20-13-19(29-24-20)14-23(22(27)28)10-5-11-25(15-23)21(26)17-7-2-3-8-17/h4,6,9,12-13,17H,2-3,5,7-8,10-11,14-15H2,1H3,(H,27,28). The van der Waals surface area contributed by atoms with Crippen molar-refractivity contribution in [2.45, 2.75) is 51.9 Å². The zero-order valence-corrected chi connectivity index (χ0v) is 16.9. The zero-order valence-electron chi connectivity index (χ0n) is 16.9. The molecule has 1 unspecified atom stereocenters. The van der Waals surface area contributed by atoms with Gasteiger partial charge in [-0.15, -0.1) is 0 Å². The molecule has 6 heteroatoms. The number of amides is 1. The summed E-state index contributed by atoms with van der Waals surface area (Å²) in [6, 6.07) is 9.80. The van der Waals surface area contributed by atoms with Crippen molar-refractivity contribution in [1.82, 2.24) is 10.1 Å². The largest absolute Gasteiger partial charge is 0.481 e. The van der Waals surface area contributed by atoms with Crippen molar-refractivity contribution in [3.05, 3.63) is 41.7 Å². The summed E-state index contributed by atoms with van der Waals surface area (Å²) < 4.78 is 5.52. The summed E-state index contributed by atoms with van der Waals surface area (Å²) in [5.74, 6) is -0.113. The van der Waals surface area contributed by atoms with Crippen molar-refractivity contribution in [3.8, 4) is 11.3 Å². The number of likely N-dealkylation sites (tertiary alicyclic amines) is 1. The molecule has 1 atom stereocenters. The molecule has 2 aromatic rings. The number of carbonyl (C=O) groups is 2. The van der Waals surface area contributed by atoms with Crippen LogP contribution in [0.5, 0.6) is 0 Å². The van der Waals surface area contributed by atoms with E-state index in [2.05, 4.69) is 5.16 Å². The monoisotopic (exact) mass is 396 g/mol. The minimum absolute atomic E-state index is 0.0674. The van der Waals surface area contributed by atoms with E-state index < -0.39 is 11.4 Å². The van der Waals surface area contributed by atoms with E-state index in [1.807, 2.05) is 37.3 Å². The maximum atomic E-state index is 12.9. The van der Waals surface area contributed by atoms with Crippen LogP contribution in [-0.4, -0.2) is 40.1 Å². The molecule has 4 rings (SSSR count). The lowest BCUT2D eigenvalue weighted by atomic mass is 9.76. The fourth-order valence-electron chi connectivity index (χ4n) is 4.82. The van der Waals surface area contributed by atoms with Crippen molar-refractivity contribution >= 4 is 11.9 Å². The van der Waals surface area contributed by atoms with Gasteiger partial charge in [0.05, 0.1) is 5.41 Å². The number of piperidine rings is 1. The molecule has 1 saturated carbocycles. The number of rotatable bonds is 5. The van der Waals surface area contributed by atoms with Gasteiger partial charge in [-0.25, -0.2) is 0 Å². The minimum atomic E-state index is -1.02.